The van der Waals surface area contributed by atoms with Gasteiger partial charge in [0.1, 0.15) is 5.76 Å². The molecule has 0 unspecified atom stereocenters. The fourth-order valence-corrected chi connectivity index (χ4v) is 3.35. The average Bonchev–Trinajstić information content (AvgIpc) is 3.16. The number of carbonyl (C=O) groups excluding carboxylic acids is 1. The number of hydrogen-bond acceptors (Lipinski definition) is 4. The molecule has 0 radical (unpaired) electrons. The molecule has 3 rings (SSSR count). The molecule has 1 amide bonds. The van der Waals surface area contributed by atoms with Gasteiger partial charge in [-0.05, 0) is 55.0 Å². The molecule has 1 heterocycles. The largest absolute Gasteiger partial charge is 0.468 e. The molecule has 6 nitrogen and oxygen atoms in total. The Hall–Kier alpha value is -2.90. The second kappa shape index (κ2) is 7.55. The fraction of sp³-hybridized carbons (Fsp3) is 0.105. The summed E-state index contributed by atoms with van der Waals surface area (Å²) in [6, 6.07) is 16.6. The molecule has 0 aliphatic heterocycles. The second-order valence-electron chi connectivity index (χ2n) is 5.70. The Balaban J connectivity index is 1.69. The summed E-state index contributed by atoms with van der Waals surface area (Å²) < 4.78 is 32.1. The van der Waals surface area contributed by atoms with Crippen molar-refractivity contribution in [2.24, 2.45) is 0 Å². The zero-order valence-corrected chi connectivity index (χ0v) is 14.9. The normalized spacial score (nSPS) is 11.3. The maximum absolute atomic E-state index is 12.3. The van der Waals surface area contributed by atoms with E-state index in [4.69, 9.17) is 4.42 Å². The number of amides is 1. The van der Waals surface area contributed by atoms with E-state index in [0.717, 1.165) is 5.56 Å². The first-order valence-electron chi connectivity index (χ1n) is 7.95. The van der Waals surface area contributed by atoms with Crippen molar-refractivity contribution in [2.45, 2.75) is 18.4 Å². The van der Waals surface area contributed by atoms with E-state index in [-0.39, 0.29) is 17.3 Å². The monoisotopic (exact) mass is 370 g/mol. The third-order valence-corrected chi connectivity index (χ3v) is 5.25. The highest BCUT2D eigenvalue weighted by Gasteiger charge is 2.15. The van der Waals surface area contributed by atoms with Crippen molar-refractivity contribution in [2.75, 3.05) is 5.32 Å². The second-order valence-corrected chi connectivity index (χ2v) is 7.46. The number of hydrogen-bond donors (Lipinski definition) is 2. The molecule has 0 atom stereocenters. The molecule has 0 spiro atoms. The van der Waals surface area contributed by atoms with Crippen molar-refractivity contribution in [1.82, 2.24) is 4.72 Å². The van der Waals surface area contributed by atoms with Gasteiger partial charge >= 0.3 is 0 Å². The lowest BCUT2D eigenvalue weighted by Crippen LogP contribution is -2.23. The number of carbonyl (C=O) groups is 1. The highest BCUT2D eigenvalue weighted by Crippen LogP contribution is 2.16. The summed E-state index contributed by atoms with van der Waals surface area (Å²) in [6.45, 7) is 1.96. The number of benzene rings is 2. The lowest BCUT2D eigenvalue weighted by atomic mass is 10.1. The topological polar surface area (TPSA) is 88.4 Å². The molecule has 3 aromatic rings. The van der Waals surface area contributed by atoms with Gasteiger partial charge in [0.05, 0.1) is 17.7 Å². The molecular formula is C19H18N2O4S. The van der Waals surface area contributed by atoms with Gasteiger partial charge in [-0.15, -0.1) is 0 Å². The summed E-state index contributed by atoms with van der Waals surface area (Å²) in [5, 5.41) is 2.81. The number of furan rings is 1. The van der Waals surface area contributed by atoms with Crippen LogP contribution in [-0.4, -0.2) is 14.3 Å². The quantitative estimate of drug-likeness (QED) is 0.697. The van der Waals surface area contributed by atoms with Crippen molar-refractivity contribution in [3.63, 3.8) is 0 Å². The highest BCUT2D eigenvalue weighted by molar-refractivity contribution is 7.89. The van der Waals surface area contributed by atoms with Crippen LogP contribution in [0.15, 0.2) is 76.2 Å². The van der Waals surface area contributed by atoms with Gasteiger partial charge in [-0.1, -0.05) is 18.2 Å². The summed E-state index contributed by atoms with van der Waals surface area (Å²) in [5.41, 5.74) is 2.04. The Labute approximate surface area is 151 Å². The van der Waals surface area contributed by atoms with Crippen LogP contribution < -0.4 is 10.0 Å². The number of aryl methyl sites for hydroxylation is 1. The smallest absolute Gasteiger partial charge is 0.255 e. The Bertz CT molecular complexity index is 994. The number of nitrogens with one attached hydrogen (secondary N) is 2. The molecule has 0 fully saturated rings. The fourth-order valence-electron chi connectivity index (χ4n) is 2.36. The van der Waals surface area contributed by atoms with Crippen LogP contribution in [0, 0.1) is 6.92 Å². The van der Waals surface area contributed by atoms with Crippen LogP contribution in [0.3, 0.4) is 0 Å². The van der Waals surface area contributed by atoms with Gasteiger partial charge in [0.15, 0.2) is 0 Å². The van der Waals surface area contributed by atoms with E-state index in [1.807, 2.05) is 31.2 Å². The van der Waals surface area contributed by atoms with E-state index in [1.54, 1.807) is 12.1 Å². The molecule has 0 saturated carbocycles. The Morgan fingerprint density at radius 2 is 1.73 bits per heavy atom. The van der Waals surface area contributed by atoms with Crippen LogP contribution in [0.1, 0.15) is 21.7 Å². The SMILES string of the molecule is Cc1ccccc1NC(=O)c1ccc(S(=O)(=O)NCc2ccco2)cc1. The molecule has 134 valence electrons. The number of anilines is 1. The summed E-state index contributed by atoms with van der Waals surface area (Å²) >= 11 is 0. The minimum absolute atomic E-state index is 0.0604. The Kier molecular flexibility index (Phi) is 5.20. The van der Waals surface area contributed by atoms with Gasteiger partial charge < -0.3 is 9.73 Å². The first-order chi connectivity index (χ1) is 12.5. The third-order valence-electron chi connectivity index (χ3n) is 3.84. The Morgan fingerprint density at radius 1 is 1.00 bits per heavy atom. The predicted molar refractivity (Wildman–Crippen MR) is 98.3 cm³/mol. The summed E-state index contributed by atoms with van der Waals surface area (Å²) in [5.74, 6) is 0.217. The first kappa shape index (κ1) is 17.9. The van der Waals surface area contributed by atoms with Crippen LogP contribution in [0.4, 0.5) is 5.69 Å². The lowest BCUT2D eigenvalue weighted by Gasteiger charge is -2.09. The van der Waals surface area contributed by atoms with Crippen LogP contribution >= 0.6 is 0 Å². The Morgan fingerprint density at radius 3 is 2.38 bits per heavy atom. The van der Waals surface area contributed by atoms with E-state index in [0.29, 0.717) is 17.0 Å². The summed E-state index contributed by atoms with van der Waals surface area (Å²) in [7, 11) is -3.69. The molecule has 1 aromatic heterocycles. The lowest BCUT2D eigenvalue weighted by molar-refractivity contribution is 0.102. The minimum Gasteiger partial charge on any atom is -0.468 e. The average molecular weight is 370 g/mol. The molecule has 7 heteroatoms. The van der Waals surface area contributed by atoms with Gasteiger partial charge in [-0.3, -0.25) is 4.79 Å². The molecule has 2 N–H and O–H groups in total. The zero-order chi connectivity index (χ0) is 18.6. The number of rotatable bonds is 6. The van der Waals surface area contributed by atoms with Gasteiger partial charge in [-0.2, -0.15) is 0 Å². The zero-order valence-electron chi connectivity index (χ0n) is 14.1. The minimum atomic E-state index is -3.69. The number of sulfonamides is 1. The van der Waals surface area contributed by atoms with E-state index in [9.17, 15) is 13.2 Å². The standard InChI is InChI=1S/C19H18N2O4S/c1-14-5-2-3-7-18(14)21-19(22)15-8-10-17(11-9-15)26(23,24)20-13-16-6-4-12-25-16/h2-12,20H,13H2,1H3,(H,21,22). The van der Waals surface area contributed by atoms with Crippen molar-refractivity contribution >= 4 is 21.6 Å². The van der Waals surface area contributed by atoms with E-state index in [2.05, 4.69) is 10.0 Å². The van der Waals surface area contributed by atoms with Crippen molar-refractivity contribution < 1.29 is 17.6 Å². The van der Waals surface area contributed by atoms with E-state index < -0.39 is 10.0 Å². The van der Waals surface area contributed by atoms with Crippen molar-refractivity contribution in [3.8, 4) is 0 Å². The molecule has 0 saturated heterocycles. The first-order valence-corrected chi connectivity index (χ1v) is 9.43. The van der Waals surface area contributed by atoms with Crippen LogP contribution in [0.2, 0.25) is 0 Å². The number of para-hydroxylation sites is 1. The van der Waals surface area contributed by atoms with Gasteiger partial charge in [-0.25, -0.2) is 13.1 Å². The molecule has 0 bridgehead atoms. The maximum Gasteiger partial charge on any atom is 0.255 e. The van der Waals surface area contributed by atoms with Gasteiger partial charge in [0, 0.05) is 11.3 Å². The van der Waals surface area contributed by atoms with Crippen LogP contribution in [-0.2, 0) is 16.6 Å². The van der Waals surface area contributed by atoms with Crippen molar-refractivity contribution in [1.29, 1.82) is 0 Å². The highest BCUT2D eigenvalue weighted by atomic mass is 32.2. The van der Waals surface area contributed by atoms with Crippen LogP contribution in [0.5, 0.6) is 0 Å². The van der Waals surface area contributed by atoms with E-state index in [1.165, 1.54) is 30.5 Å². The van der Waals surface area contributed by atoms with Gasteiger partial charge in [0.2, 0.25) is 10.0 Å². The molecule has 0 aliphatic carbocycles. The third kappa shape index (κ3) is 4.19. The predicted octanol–water partition coefficient (Wildman–Crippen LogP) is 3.32. The summed E-state index contributed by atoms with van der Waals surface area (Å²) in [4.78, 5) is 12.4. The molecule has 2 aromatic carbocycles. The maximum atomic E-state index is 12.3. The summed E-state index contributed by atoms with van der Waals surface area (Å²) in [6.07, 6.45) is 1.48. The molecule has 0 aliphatic rings. The van der Waals surface area contributed by atoms with Gasteiger partial charge in [0.25, 0.3) is 5.91 Å². The van der Waals surface area contributed by atoms with E-state index >= 15 is 0 Å². The molecular weight excluding hydrogens is 352 g/mol. The van der Waals surface area contributed by atoms with Crippen LogP contribution in [0.25, 0.3) is 0 Å². The van der Waals surface area contributed by atoms with Crippen molar-refractivity contribution in [3.05, 3.63) is 83.8 Å². The molecule has 26 heavy (non-hydrogen) atoms.